The van der Waals surface area contributed by atoms with Crippen LogP contribution in [0.3, 0.4) is 0 Å². The van der Waals surface area contributed by atoms with Crippen LogP contribution in [0.4, 0.5) is 0 Å². The third-order valence-electron chi connectivity index (χ3n) is 8.06. The molecule has 0 bridgehead atoms. The van der Waals surface area contributed by atoms with Crippen LogP contribution in [0.15, 0.2) is 22.9 Å². The highest BCUT2D eigenvalue weighted by Crippen LogP contribution is 2.43. The zero-order valence-electron chi connectivity index (χ0n) is 23.9. The van der Waals surface area contributed by atoms with Gasteiger partial charge in [-0.3, -0.25) is 19.0 Å². The van der Waals surface area contributed by atoms with Crippen LogP contribution in [0.25, 0.3) is 21.1 Å². The van der Waals surface area contributed by atoms with Gasteiger partial charge in [0.1, 0.15) is 0 Å². The van der Waals surface area contributed by atoms with Gasteiger partial charge in [-0.25, -0.2) is 0 Å². The Morgan fingerprint density at radius 2 is 1.20 bits per heavy atom. The fourth-order valence-corrected chi connectivity index (χ4v) is 7.96. The molecule has 2 aliphatic carbocycles. The van der Waals surface area contributed by atoms with E-state index in [4.69, 9.17) is 10.2 Å². The first-order valence-electron chi connectivity index (χ1n) is 15.0. The Labute approximate surface area is 249 Å². The first-order chi connectivity index (χ1) is 20.1. The summed E-state index contributed by atoms with van der Waals surface area (Å²) in [4.78, 5) is 28.9. The van der Waals surface area contributed by atoms with Crippen molar-refractivity contribution in [1.29, 1.82) is 0 Å². The number of amides is 2. The van der Waals surface area contributed by atoms with E-state index >= 15 is 0 Å². The minimum Gasteiger partial charge on any atom is -0.351 e. The Kier molecular flexibility index (Phi) is 8.39. The van der Waals surface area contributed by atoms with Crippen molar-refractivity contribution in [3.8, 4) is 21.1 Å². The molecule has 41 heavy (non-hydrogen) atoms. The van der Waals surface area contributed by atoms with Crippen LogP contribution in [0.1, 0.15) is 102 Å². The molecule has 0 unspecified atom stereocenters. The molecule has 216 valence electrons. The molecule has 0 atom stereocenters. The molecule has 0 aromatic carbocycles. The number of nitrogens with zero attached hydrogens (tertiary/aromatic N) is 4. The lowest BCUT2D eigenvalue weighted by atomic mass is 10.1. The molecule has 4 heterocycles. The van der Waals surface area contributed by atoms with Gasteiger partial charge in [0.2, 0.25) is 0 Å². The highest BCUT2D eigenvalue weighted by Gasteiger charge is 2.32. The predicted octanol–water partition coefficient (Wildman–Crippen LogP) is 6.28. The lowest BCUT2D eigenvalue weighted by molar-refractivity contribution is 0.0945. The van der Waals surface area contributed by atoms with Crippen molar-refractivity contribution < 1.29 is 9.59 Å². The van der Waals surface area contributed by atoms with Crippen molar-refractivity contribution in [3.63, 3.8) is 0 Å². The lowest BCUT2D eigenvalue weighted by Gasteiger charge is -2.07. The van der Waals surface area contributed by atoms with Crippen LogP contribution >= 0.6 is 22.7 Å². The van der Waals surface area contributed by atoms with Crippen molar-refractivity contribution in [2.75, 3.05) is 13.1 Å². The first kappa shape index (κ1) is 27.9. The van der Waals surface area contributed by atoms with Gasteiger partial charge < -0.3 is 10.6 Å². The second kappa shape index (κ2) is 12.3. The Balaban J connectivity index is 1.05. The summed E-state index contributed by atoms with van der Waals surface area (Å²) in [5.41, 5.74) is 8.01. The molecule has 0 aliphatic heterocycles. The molecule has 6 rings (SSSR count). The van der Waals surface area contributed by atoms with Crippen molar-refractivity contribution >= 4 is 34.5 Å². The van der Waals surface area contributed by atoms with Crippen molar-refractivity contribution in [3.05, 3.63) is 56.5 Å². The Hall–Kier alpha value is -3.24. The molecule has 4 aromatic rings. The largest absolute Gasteiger partial charge is 0.351 e. The number of carbonyl (C=O) groups is 2. The monoisotopic (exact) mass is 590 g/mol. The van der Waals surface area contributed by atoms with E-state index in [1.165, 1.54) is 20.9 Å². The molecular weight excluding hydrogens is 553 g/mol. The number of hydrogen-bond acceptors (Lipinski definition) is 6. The average molecular weight is 591 g/mol. The van der Waals surface area contributed by atoms with E-state index in [1.54, 1.807) is 22.7 Å². The number of nitrogens with one attached hydrogen (secondary N) is 2. The van der Waals surface area contributed by atoms with Crippen LogP contribution in [0.5, 0.6) is 0 Å². The van der Waals surface area contributed by atoms with Crippen LogP contribution < -0.4 is 10.6 Å². The highest BCUT2D eigenvalue weighted by molar-refractivity contribution is 7.14. The summed E-state index contributed by atoms with van der Waals surface area (Å²) < 4.78 is 4.09. The third kappa shape index (κ3) is 5.39. The summed E-state index contributed by atoms with van der Waals surface area (Å²) in [7, 11) is 0. The predicted molar refractivity (Wildman–Crippen MR) is 165 cm³/mol. The maximum Gasteiger partial charge on any atom is 0.272 e. The van der Waals surface area contributed by atoms with E-state index in [2.05, 4.69) is 47.4 Å². The van der Waals surface area contributed by atoms with Gasteiger partial charge in [0.15, 0.2) is 11.4 Å². The molecule has 10 heteroatoms. The fourth-order valence-electron chi connectivity index (χ4n) is 5.96. The van der Waals surface area contributed by atoms with E-state index in [1.807, 2.05) is 9.36 Å². The minimum absolute atomic E-state index is 0.133. The maximum absolute atomic E-state index is 13.2. The standard InChI is InChI=1S/C31H38N6O2S2/c1-3-5-7-14-36-26-22(18-20-10-16-40-28(20)26)24(34-36)30(38)32-12-9-13-33-31(39)25-23-19-21-11-17-41-29(21)27(23)37(35-25)15-8-6-4-2/h10-11,16-17H,3-9,12-15,18-19H2,1-2H3,(H,32,38)(H,33,39). The summed E-state index contributed by atoms with van der Waals surface area (Å²) in [5.74, 6) is -0.265. The third-order valence-corrected chi connectivity index (χ3v) is 9.99. The normalized spacial score (nSPS) is 12.7. The van der Waals surface area contributed by atoms with E-state index in [0.29, 0.717) is 30.9 Å². The number of unbranched alkanes of at least 4 members (excludes halogenated alkanes) is 4. The summed E-state index contributed by atoms with van der Waals surface area (Å²) in [6.45, 7) is 6.99. The molecule has 0 saturated carbocycles. The van der Waals surface area contributed by atoms with Gasteiger partial charge in [-0.15, -0.1) is 22.7 Å². The van der Waals surface area contributed by atoms with Crippen LogP contribution in [-0.2, 0) is 25.9 Å². The Morgan fingerprint density at radius 3 is 1.63 bits per heavy atom. The average Bonchev–Trinajstić information content (AvgIpc) is 3.77. The molecule has 2 aliphatic rings. The molecule has 8 nitrogen and oxygen atoms in total. The first-order valence-corrected chi connectivity index (χ1v) is 16.8. The second-order valence-electron chi connectivity index (χ2n) is 11.0. The van der Waals surface area contributed by atoms with Crippen LogP contribution in [0.2, 0.25) is 0 Å². The van der Waals surface area contributed by atoms with E-state index in [0.717, 1.165) is 87.0 Å². The van der Waals surface area contributed by atoms with E-state index in [-0.39, 0.29) is 11.8 Å². The molecule has 2 N–H and O–H groups in total. The Morgan fingerprint density at radius 1 is 0.732 bits per heavy atom. The number of thiophene rings is 2. The van der Waals surface area contributed by atoms with Gasteiger partial charge in [-0.2, -0.15) is 10.2 Å². The number of fused-ring (bicyclic) bond motifs is 6. The van der Waals surface area contributed by atoms with Crippen molar-refractivity contribution in [1.82, 2.24) is 30.2 Å². The number of aromatic nitrogens is 4. The van der Waals surface area contributed by atoms with Gasteiger partial charge >= 0.3 is 0 Å². The summed E-state index contributed by atoms with van der Waals surface area (Å²) in [5, 5.41) is 19.8. The summed E-state index contributed by atoms with van der Waals surface area (Å²) in [6.07, 6.45) is 8.88. The van der Waals surface area contributed by atoms with Gasteiger partial charge in [0.25, 0.3) is 11.8 Å². The zero-order chi connectivity index (χ0) is 28.3. The molecule has 0 saturated heterocycles. The molecular formula is C31H38N6O2S2. The van der Waals surface area contributed by atoms with Crippen LogP contribution in [0, 0.1) is 0 Å². The van der Waals surface area contributed by atoms with Crippen molar-refractivity contribution in [2.45, 2.75) is 84.7 Å². The molecule has 4 aromatic heterocycles. The smallest absolute Gasteiger partial charge is 0.272 e. The minimum atomic E-state index is -0.133. The number of rotatable bonds is 14. The maximum atomic E-state index is 13.2. The number of aryl methyl sites for hydroxylation is 2. The summed E-state index contributed by atoms with van der Waals surface area (Å²) >= 11 is 3.46. The van der Waals surface area contributed by atoms with E-state index in [9.17, 15) is 9.59 Å². The van der Waals surface area contributed by atoms with Crippen molar-refractivity contribution in [2.24, 2.45) is 0 Å². The fraction of sp³-hybridized carbons (Fsp3) is 0.484. The zero-order valence-corrected chi connectivity index (χ0v) is 25.6. The highest BCUT2D eigenvalue weighted by atomic mass is 32.1. The Bertz CT molecular complexity index is 1440. The second-order valence-corrected chi connectivity index (χ2v) is 12.8. The van der Waals surface area contributed by atoms with Gasteiger partial charge in [-0.05, 0) is 53.3 Å². The number of carbonyl (C=O) groups excluding carboxylic acids is 2. The molecule has 0 spiro atoms. The van der Waals surface area contributed by atoms with E-state index < -0.39 is 0 Å². The lowest BCUT2D eigenvalue weighted by Crippen LogP contribution is -2.31. The van der Waals surface area contributed by atoms with Crippen LogP contribution in [-0.4, -0.2) is 44.5 Å². The molecule has 0 fully saturated rings. The SMILES string of the molecule is CCCCCn1nc(C(=O)NCCCNC(=O)c2nn(CCCCC)c3c2Cc2ccsc2-3)c2c1-c1sccc1C2. The molecule has 0 radical (unpaired) electrons. The summed E-state index contributed by atoms with van der Waals surface area (Å²) in [6, 6.07) is 4.31. The number of hydrogen-bond donors (Lipinski definition) is 2. The van der Waals surface area contributed by atoms with Gasteiger partial charge in [0.05, 0.1) is 21.1 Å². The molecule has 2 amide bonds. The quantitative estimate of drug-likeness (QED) is 0.146. The topological polar surface area (TPSA) is 93.8 Å². The van der Waals surface area contributed by atoms with Gasteiger partial charge in [-0.1, -0.05) is 39.5 Å². The van der Waals surface area contributed by atoms with Gasteiger partial charge in [0, 0.05) is 50.1 Å².